The maximum atomic E-state index is 13.5. The van der Waals surface area contributed by atoms with Gasteiger partial charge in [-0.3, -0.25) is 9.52 Å². The number of aryl methyl sites for hydroxylation is 2. The van der Waals surface area contributed by atoms with E-state index in [1.165, 1.54) is 13.2 Å². The van der Waals surface area contributed by atoms with Crippen LogP contribution < -0.4 is 19.7 Å². The van der Waals surface area contributed by atoms with E-state index in [-0.39, 0.29) is 4.90 Å². The number of carbonyl (C=O) groups excluding carboxylic acids is 1. The van der Waals surface area contributed by atoms with Crippen LogP contribution in [0.15, 0.2) is 51.9 Å². The van der Waals surface area contributed by atoms with Gasteiger partial charge in [0.2, 0.25) is 0 Å². The van der Waals surface area contributed by atoms with Gasteiger partial charge in [0.15, 0.2) is 0 Å². The van der Waals surface area contributed by atoms with E-state index in [1.54, 1.807) is 50.2 Å². The molecule has 1 aliphatic heterocycles. The van der Waals surface area contributed by atoms with E-state index in [2.05, 4.69) is 15.2 Å². The Balaban J connectivity index is 1.69. The molecule has 0 unspecified atom stereocenters. The van der Waals surface area contributed by atoms with Crippen LogP contribution >= 0.6 is 0 Å². The topological polar surface area (TPSA) is 123 Å². The molecule has 10 nitrogen and oxygen atoms in total. The molecule has 2 N–H and O–H groups in total. The summed E-state index contributed by atoms with van der Waals surface area (Å²) in [6, 6.07) is 11.4. The van der Waals surface area contributed by atoms with E-state index in [0.717, 1.165) is 0 Å². The van der Waals surface area contributed by atoms with Crippen LogP contribution in [0.4, 0.5) is 17.1 Å². The van der Waals surface area contributed by atoms with Crippen molar-refractivity contribution in [1.29, 1.82) is 0 Å². The standard InChI is InChI=1S/C23H26N4O6S/c1-15-22(16(2)33-25-15)23(28)24-18-6-9-20(27-10-12-32-13-11-27)21(14-18)34(29,30)26-17-4-7-19(31-3)8-5-17/h4-9,14,26H,10-13H2,1-3H3,(H,24,28). The predicted octanol–water partition coefficient (Wildman–Crippen LogP) is 3.19. The normalized spacial score (nSPS) is 14.0. The number of sulfonamides is 1. The van der Waals surface area contributed by atoms with Crippen LogP contribution in [-0.4, -0.2) is 52.9 Å². The number of morpholine rings is 1. The number of amides is 1. The Morgan fingerprint density at radius 2 is 1.74 bits per heavy atom. The van der Waals surface area contributed by atoms with E-state index in [0.29, 0.717) is 66.1 Å². The monoisotopic (exact) mass is 486 g/mol. The van der Waals surface area contributed by atoms with Gasteiger partial charge in [-0.25, -0.2) is 8.42 Å². The Labute approximate surface area is 197 Å². The van der Waals surface area contributed by atoms with Gasteiger partial charge in [-0.1, -0.05) is 5.16 Å². The second kappa shape index (κ2) is 9.74. The van der Waals surface area contributed by atoms with Crippen LogP contribution in [0.5, 0.6) is 5.75 Å². The molecule has 4 rings (SSSR count). The fourth-order valence-corrected chi connectivity index (χ4v) is 5.05. The average Bonchev–Trinajstić information content (AvgIpc) is 3.17. The van der Waals surface area contributed by atoms with E-state index >= 15 is 0 Å². The number of ether oxygens (including phenoxy) is 2. The molecule has 1 aliphatic rings. The maximum Gasteiger partial charge on any atom is 0.264 e. The summed E-state index contributed by atoms with van der Waals surface area (Å²) in [5.74, 6) is 0.566. The van der Waals surface area contributed by atoms with Crippen LogP contribution in [0.25, 0.3) is 0 Å². The Bertz CT molecular complexity index is 1260. The molecule has 0 atom stereocenters. The third-order valence-electron chi connectivity index (χ3n) is 5.46. The molecule has 1 fully saturated rings. The number of carbonyl (C=O) groups is 1. The first-order valence-electron chi connectivity index (χ1n) is 10.7. The highest BCUT2D eigenvalue weighted by atomic mass is 32.2. The van der Waals surface area contributed by atoms with E-state index in [4.69, 9.17) is 14.0 Å². The second-order valence-corrected chi connectivity index (χ2v) is 9.42. The summed E-state index contributed by atoms with van der Waals surface area (Å²) in [5.41, 5.74) is 2.02. The number of nitrogens with zero attached hydrogens (tertiary/aromatic N) is 2. The first-order chi connectivity index (χ1) is 16.3. The third kappa shape index (κ3) is 5.00. The van der Waals surface area contributed by atoms with Crippen molar-refractivity contribution in [3.05, 3.63) is 59.5 Å². The number of aromatic nitrogens is 1. The number of hydrogen-bond acceptors (Lipinski definition) is 8. The largest absolute Gasteiger partial charge is 0.497 e. The average molecular weight is 487 g/mol. The summed E-state index contributed by atoms with van der Waals surface area (Å²) in [7, 11) is -2.46. The zero-order valence-corrected chi connectivity index (χ0v) is 19.9. The van der Waals surface area contributed by atoms with Gasteiger partial charge < -0.3 is 24.2 Å². The molecule has 11 heteroatoms. The quantitative estimate of drug-likeness (QED) is 0.522. The van der Waals surface area contributed by atoms with Crippen molar-refractivity contribution in [1.82, 2.24) is 5.16 Å². The first-order valence-corrected chi connectivity index (χ1v) is 12.1. The molecule has 1 saturated heterocycles. The van der Waals surface area contributed by atoms with Crippen molar-refractivity contribution in [2.45, 2.75) is 18.7 Å². The van der Waals surface area contributed by atoms with Gasteiger partial charge in [0, 0.05) is 24.5 Å². The summed E-state index contributed by atoms with van der Waals surface area (Å²) in [5, 5.41) is 6.56. The van der Waals surface area contributed by atoms with E-state index in [1.807, 2.05) is 4.90 Å². The SMILES string of the molecule is COc1ccc(NS(=O)(=O)c2cc(NC(=O)c3c(C)noc3C)ccc2N2CCOCC2)cc1. The predicted molar refractivity (Wildman–Crippen MR) is 127 cm³/mol. The molecule has 1 amide bonds. The lowest BCUT2D eigenvalue weighted by Gasteiger charge is -2.30. The number of anilines is 3. The molecule has 0 aliphatic carbocycles. The highest BCUT2D eigenvalue weighted by Crippen LogP contribution is 2.31. The van der Waals surface area contributed by atoms with Crippen LogP contribution in [0.2, 0.25) is 0 Å². The van der Waals surface area contributed by atoms with Gasteiger partial charge in [0.05, 0.1) is 31.7 Å². The molecule has 2 aromatic carbocycles. The molecule has 0 radical (unpaired) electrons. The maximum absolute atomic E-state index is 13.5. The Morgan fingerprint density at radius 1 is 1.06 bits per heavy atom. The van der Waals surface area contributed by atoms with Gasteiger partial charge in [-0.05, 0) is 56.3 Å². The minimum atomic E-state index is -4.00. The van der Waals surface area contributed by atoms with Gasteiger partial charge >= 0.3 is 0 Å². The number of nitrogens with one attached hydrogen (secondary N) is 2. The van der Waals surface area contributed by atoms with Gasteiger partial charge in [0.1, 0.15) is 22.0 Å². The van der Waals surface area contributed by atoms with Crippen molar-refractivity contribution in [3.8, 4) is 5.75 Å². The summed E-state index contributed by atoms with van der Waals surface area (Å²) in [6.07, 6.45) is 0. The zero-order valence-electron chi connectivity index (χ0n) is 19.1. The van der Waals surface area contributed by atoms with Crippen LogP contribution in [0.1, 0.15) is 21.8 Å². The fourth-order valence-electron chi connectivity index (χ4n) is 3.74. The van der Waals surface area contributed by atoms with Crippen molar-refractivity contribution in [3.63, 3.8) is 0 Å². The van der Waals surface area contributed by atoms with E-state index in [9.17, 15) is 13.2 Å². The highest BCUT2D eigenvalue weighted by molar-refractivity contribution is 7.92. The molecule has 0 spiro atoms. The fraction of sp³-hybridized carbons (Fsp3) is 0.304. The van der Waals surface area contributed by atoms with Crippen molar-refractivity contribution in [2.24, 2.45) is 0 Å². The molecule has 0 saturated carbocycles. The lowest BCUT2D eigenvalue weighted by Crippen LogP contribution is -2.37. The minimum absolute atomic E-state index is 0.0433. The molecule has 0 bridgehead atoms. The first kappa shape index (κ1) is 23.6. The summed E-state index contributed by atoms with van der Waals surface area (Å²) in [4.78, 5) is 14.8. The van der Waals surface area contributed by atoms with Gasteiger partial charge in [-0.15, -0.1) is 0 Å². The van der Waals surface area contributed by atoms with Crippen LogP contribution in [0, 0.1) is 13.8 Å². The van der Waals surface area contributed by atoms with Crippen molar-refractivity contribution >= 4 is 33.0 Å². The lowest BCUT2D eigenvalue weighted by atomic mass is 10.2. The summed E-state index contributed by atoms with van der Waals surface area (Å²) < 4.78 is 45.1. The summed E-state index contributed by atoms with van der Waals surface area (Å²) in [6.45, 7) is 5.41. The Hall–Kier alpha value is -3.57. The Morgan fingerprint density at radius 3 is 2.35 bits per heavy atom. The highest BCUT2D eigenvalue weighted by Gasteiger charge is 2.25. The Kier molecular flexibility index (Phi) is 6.75. The third-order valence-corrected chi connectivity index (χ3v) is 6.87. The molecular formula is C23H26N4O6S. The minimum Gasteiger partial charge on any atom is -0.497 e. The second-order valence-electron chi connectivity index (χ2n) is 7.77. The molecule has 34 heavy (non-hydrogen) atoms. The molecule has 180 valence electrons. The van der Waals surface area contributed by atoms with Crippen LogP contribution in [0.3, 0.4) is 0 Å². The zero-order chi connectivity index (χ0) is 24.3. The molecular weight excluding hydrogens is 460 g/mol. The number of benzene rings is 2. The van der Waals surface area contributed by atoms with Crippen molar-refractivity contribution < 1.29 is 27.2 Å². The molecule has 3 aromatic rings. The molecule has 1 aromatic heterocycles. The van der Waals surface area contributed by atoms with Crippen LogP contribution in [-0.2, 0) is 14.8 Å². The number of methoxy groups -OCH3 is 1. The van der Waals surface area contributed by atoms with E-state index < -0.39 is 15.9 Å². The van der Waals surface area contributed by atoms with Gasteiger partial charge in [-0.2, -0.15) is 0 Å². The van der Waals surface area contributed by atoms with Gasteiger partial charge in [0.25, 0.3) is 15.9 Å². The summed E-state index contributed by atoms with van der Waals surface area (Å²) >= 11 is 0. The number of rotatable bonds is 7. The molecule has 2 heterocycles. The lowest BCUT2D eigenvalue weighted by molar-refractivity contribution is 0.102. The van der Waals surface area contributed by atoms with Crippen molar-refractivity contribution in [2.75, 3.05) is 48.4 Å². The number of hydrogen-bond donors (Lipinski definition) is 2. The smallest absolute Gasteiger partial charge is 0.264 e.